The molecule has 1 atom stereocenters. The normalized spacial score (nSPS) is 17.0. The Bertz CT molecular complexity index is 494. The van der Waals surface area contributed by atoms with Crippen molar-refractivity contribution >= 4 is 5.91 Å². The second kappa shape index (κ2) is 9.77. The molecule has 0 aromatic heterocycles. The van der Waals surface area contributed by atoms with Gasteiger partial charge in [0.15, 0.2) is 0 Å². The lowest BCUT2D eigenvalue weighted by molar-refractivity contribution is -0.127. The lowest BCUT2D eigenvalue weighted by Gasteiger charge is -2.31. The first-order chi connectivity index (χ1) is 11.6. The maximum Gasteiger partial charge on any atom is 0.237 e. The number of nitrogens with zero attached hydrogens (tertiary/aromatic N) is 2. The molecule has 5 nitrogen and oxygen atoms in total. The van der Waals surface area contributed by atoms with E-state index < -0.39 is 0 Å². The molecule has 1 saturated heterocycles. The van der Waals surface area contributed by atoms with Crippen LogP contribution in [0.2, 0.25) is 0 Å². The predicted molar refractivity (Wildman–Crippen MR) is 96.8 cm³/mol. The van der Waals surface area contributed by atoms with Crippen LogP contribution in [-0.2, 0) is 22.6 Å². The summed E-state index contributed by atoms with van der Waals surface area (Å²) < 4.78 is 5.34. The fraction of sp³-hybridized carbons (Fsp3) is 0.632. The number of benzene rings is 1. The third kappa shape index (κ3) is 5.58. The molecule has 5 heteroatoms. The fourth-order valence-corrected chi connectivity index (χ4v) is 2.94. The van der Waals surface area contributed by atoms with Gasteiger partial charge in [-0.25, -0.2) is 0 Å². The van der Waals surface area contributed by atoms with E-state index in [0.29, 0.717) is 19.8 Å². The monoisotopic (exact) mass is 333 g/mol. The van der Waals surface area contributed by atoms with Crippen LogP contribution in [0.1, 0.15) is 31.9 Å². The van der Waals surface area contributed by atoms with E-state index in [0.717, 1.165) is 38.3 Å². The molecule has 0 spiro atoms. The summed E-state index contributed by atoms with van der Waals surface area (Å²) in [4.78, 5) is 16.9. The molecule has 1 fully saturated rings. The van der Waals surface area contributed by atoms with Crippen molar-refractivity contribution in [3.63, 3.8) is 0 Å². The number of ether oxygens (including phenoxy) is 1. The van der Waals surface area contributed by atoms with Gasteiger partial charge in [0.25, 0.3) is 0 Å². The quantitative estimate of drug-likeness (QED) is 0.789. The van der Waals surface area contributed by atoms with Crippen LogP contribution in [-0.4, -0.2) is 61.1 Å². The summed E-state index contributed by atoms with van der Waals surface area (Å²) in [5, 5.41) is 3.05. The van der Waals surface area contributed by atoms with Gasteiger partial charge in [-0.3, -0.25) is 14.6 Å². The van der Waals surface area contributed by atoms with Crippen LogP contribution in [0.25, 0.3) is 0 Å². The molecule has 1 aliphatic rings. The van der Waals surface area contributed by atoms with Crippen LogP contribution in [0.15, 0.2) is 24.3 Å². The summed E-state index contributed by atoms with van der Waals surface area (Å²) in [6.07, 6.45) is 0. The van der Waals surface area contributed by atoms with Crippen molar-refractivity contribution in [3.05, 3.63) is 35.4 Å². The zero-order valence-corrected chi connectivity index (χ0v) is 15.3. The van der Waals surface area contributed by atoms with Crippen molar-refractivity contribution < 1.29 is 9.53 Å². The Morgan fingerprint density at radius 1 is 1.17 bits per heavy atom. The molecular formula is C19H31N3O2. The number of nitrogens with one attached hydrogen (secondary N) is 1. The number of hydrogen-bond donors (Lipinski definition) is 1. The minimum Gasteiger partial charge on any atom is -0.379 e. The molecule has 0 aliphatic carbocycles. The van der Waals surface area contributed by atoms with Gasteiger partial charge in [-0.15, -0.1) is 0 Å². The first-order valence-electron chi connectivity index (χ1n) is 9.03. The number of amides is 1. The highest BCUT2D eigenvalue weighted by molar-refractivity contribution is 5.81. The zero-order chi connectivity index (χ0) is 17.4. The highest BCUT2D eigenvalue weighted by atomic mass is 16.5. The van der Waals surface area contributed by atoms with Crippen LogP contribution in [0, 0.1) is 0 Å². The lowest BCUT2D eigenvalue weighted by atomic mass is 10.1. The first-order valence-corrected chi connectivity index (χ1v) is 9.03. The van der Waals surface area contributed by atoms with Crippen LogP contribution in [0.5, 0.6) is 0 Å². The summed E-state index contributed by atoms with van der Waals surface area (Å²) in [6.45, 7) is 13.1. The Morgan fingerprint density at radius 2 is 1.75 bits per heavy atom. The van der Waals surface area contributed by atoms with Crippen molar-refractivity contribution in [2.75, 3.05) is 39.4 Å². The van der Waals surface area contributed by atoms with E-state index in [1.54, 1.807) is 0 Å². The molecule has 1 N–H and O–H groups in total. The van der Waals surface area contributed by atoms with E-state index >= 15 is 0 Å². The number of rotatable bonds is 8. The summed E-state index contributed by atoms with van der Waals surface area (Å²) >= 11 is 0. The van der Waals surface area contributed by atoms with Gasteiger partial charge in [0.1, 0.15) is 0 Å². The average molecular weight is 333 g/mol. The number of hydrogen-bond acceptors (Lipinski definition) is 4. The summed E-state index contributed by atoms with van der Waals surface area (Å²) in [6, 6.07) is 8.43. The third-order valence-electron chi connectivity index (χ3n) is 4.76. The molecular weight excluding hydrogens is 302 g/mol. The highest BCUT2D eigenvalue weighted by Crippen LogP contribution is 2.08. The molecule has 0 bridgehead atoms. The van der Waals surface area contributed by atoms with Crippen LogP contribution < -0.4 is 5.32 Å². The number of carbonyl (C=O) groups is 1. The Morgan fingerprint density at radius 3 is 2.33 bits per heavy atom. The molecule has 2 rings (SSSR count). The van der Waals surface area contributed by atoms with Crippen LogP contribution in [0.3, 0.4) is 0 Å². The van der Waals surface area contributed by atoms with Crippen molar-refractivity contribution in [3.8, 4) is 0 Å². The van der Waals surface area contributed by atoms with E-state index in [4.69, 9.17) is 4.74 Å². The SMILES string of the molecule is CCN(CC)Cc1ccc(CNC(=O)C(C)N2CCOCC2)cc1. The summed E-state index contributed by atoms with van der Waals surface area (Å²) in [5.41, 5.74) is 2.45. The molecule has 0 radical (unpaired) electrons. The second-order valence-electron chi connectivity index (χ2n) is 6.32. The van der Waals surface area contributed by atoms with Crippen molar-refractivity contribution in [2.24, 2.45) is 0 Å². The second-order valence-corrected chi connectivity index (χ2v) is 6.32. The lowest BCUT2D eigenvalue weighted by Crippen LogP contribution is -2.49. The number of carbonyl (C=O) groups excluding carboxylic acids is 1. The Labute approximate surface area is 146 Å². The smallest absolute Gasteiger partial charge is 0.237 e. The van der Waals surface area contributed by atoms with E-state index in [1.165, 1.54) is 5.56 Å². The maximum atomic E-state index is 12.3. The third-order valence-corrected chi connectivity index (χ3v) is 4.76. The van der Waals surface area contributed by atoms with Gasteiger partial charge >= 0.3 is 0 Å². The van der Waals surface area contributed by atoms with E-state index in [2.05, 4.69) is 53.2 Å². The van der Waals surface area contributed by atoms with Gasteiger partial charge < -0.3 is 10.1 Å². The van der Waals surface area contributed by atoms with Gasteiger partial charge in [-0.1, -0.05) is 38.1 Å². The molecule has 134 valence electrons. The molecule has 1 aromatic rings. The Balaban J connectivity index is 1.79. The minimum absolute atomic E-state index is 0.0871. The van der Waals surface area contributed by atoms with Gasteiger partial charge in [0.2, 0.25) is 5.91 Å². The molecule has 1 amide bonds. The standard InChI is InChI=1S/C19H31N3O2/c1-4-21(5-2)15-18-8-6-17(7-9-18)14-20-19(23)16(3)22-10-12-24-13-11-22/h6-9,16H,4-5,10-15H2,1-3H3,(H,20,23). The van der Waals surface area contributed by atoms with Crippen molar-refractivity contribution in [1.29, 1.82) is 0 Å². The molecule has 24 heavy (non-hydrogen) atoms. The molecule has 1 heterocycles. The highest BCUT2D eigenvalue weighted by Gasteiger charge is 2.22. The summed E-state index contributed by atoms with van der Waals surface area (Å²) in [7, 11) is 0. The van der Waals surface area contributed by atoms with Gasteiger partial charge in [-0.05, 0) is 31.1 Å². The minimum atomic E-state index is -0.101. The van der Waals surface area contributed by atoms with Crippen molar-refractivity contribution in [2.45, 2.75) is 39.9 Å². The van der Waals surface area contributed by atoms with Gasteiger partial charge in [-0.2, -0.15) is 0 Å². The average Bonchev–Trinajstić information content (AvgIpc) is 2.65. The van der Waals surface area contributed by atoms with E-state index in [9.17, 15) is 4.79 Å². The number of morpholine rings is 1. The maximum absolute atomic E-state index is 12.3. The van der Waals surface area contributed by atoms with Crippen LogP contribution >= 0.6 is 0 Å². The van der Waals surface area contributed by atoms with Gasteiger partial charge in [0, 0.05) is 26.2 Å². The molecule has 1 unspecified atom stereocenters. The molecule has 0 saturated carbocycles. The van der Waals surface area contributed by atoms with E-state index in [1.807, 2.05) is 6.92 Å². The van der Waals surface area contributed by atoms with Crippen molar-refractivity contribution in [1.82, 2.24) is 15.1 Å². The summed E-state index contributed by atoms with van der Waals surface area (Å²) in [5.74, 6) is 0.0871. The van der Waals surface area contributed by atoms with Crippen LogP contribution in [0.4, 0.5) is 0 Å². The van der Waals surface area contributed by atoms with Gasteiger partial charge in [0.05, 0.1) is 19.3 Å². The largest absolute Gasteiger partial charge is 0.379 e. The Hall–Kier alpha value is -1.43. The Kier molecular flexibility index (Phi) is 7.69. The first kappa shape index (κ1) is 18.9. The topological polar surface area (TPSA) is 44.8 Å². The van der Waals surface area contributed by atoms with E-state index in [-0.39, 0.29) is 11.9 Å². The molecule has 1 aromatic carbocycles. The fourth-order valence-electron chi connectivity index (χ4n) is 2.94. The molecule has 1 aliphatic heterocycles. The predicted octanol–water partition coefficient (Wildman–Crippen LogP) is 1.87. The zero-order valence-electron chi connectivity index (χ0n) is 15.3.